The number of hydrazine groups is 1. The Hall–Kier alpha value is -1.20. The molecular weight excluding hydrogens is 232 g/mol. The van der Waals surface area contributed by atoms with Crippen LogP contribution in [0.5, 0.6) is 0 Å². The molecular formula is C8H14N4O3S. The van der Waals surface area contributed by atoms with Gasteiger partial charge in [0, 0.05) is 12.1 Å². The summed E-state index contributed by atoms with van der Waals surface area (Å²) in [5.41, 5.74) is 0. The highest BCUT2D eigenvalue weighted by atomic mass is 32.2. The maximum atomic E-state index is 11.5. The van der Waals surface area contributed by atoms with Gasteiger partial charge in [0.25, 0.3) is 0 Å². The molecule has 0 aliphatic carbocycles. The molecule has 16 heavy (non-hydrogen) atoms. The van der Waals surface area contributed by atoms with Gasteiger partial charge in [0.15, 0.2) is 9.84 Å². The number of nitriles is 1. The van der Waals surface area contributed by atoms with Gasteiger partial charge in [-0.15, -0.1) is 4.91 Å². The van der Waals surface area contributed by atoms with Gasteiger partial charge in [0.05, 0.1) is 22.9 Å². The van der Waals surface area contributed by atoms with E-state index in [4.69, 9.17) is 5.26 Å². The molecule has 0 saturated carbocycles. The zero-order valence-electron chi connectivity index (χ0n) is 9.20. The zero-order chi connectivity index (χ0) is 12.3. The van der Waals surface area contributed by atoms with Gasteiger partial charge in [0.2, 0.25) is 0 Å². The molecule has 90 valence electrons. The van der Waals surface area contributed by atoms with Crippen molar-refractivity contribution in [3.63, 3.8) is 0 Å². The summed E-state index contributed by atoms with van der Waals surface area (Å²) in [4.78, 5) is 10.6. The average molecular weight is 246 g/mol. The van der Waals surface area contributed by atoms with Crippen LogP contribution < -0.4 is 0 Å². The maximum Gasteiger partial charge on any atom is 0.153 e. The van der Waals surface area contributed by atoms with E-state index in [1.165, 1.54) is 0 Å². The van der Waals surface area contributed by atoms with Crippen molar-refractivity contribution in [3.05, 3.63) is 4.91 Å². The molecule has 0 aromatic carbocycles. The zero-order valence-corrected chi connectivity index (χ0v) is 10.0. The third kappa shape index (κ3) is 2.68. The molecule has 1 aliphatic rings. The molecule has 0 spiro atoms. The fourth-order valence-corrected chi connectivity index (χ4v) is 3.97. The normalized spacial score (nSPS) is 29.3. The van der Waals surface area contributed by atoms with Crippen molar-refractivity contribution >= 4 is 9.84 Å². The van der Waals surface area contributed by atoms with Crippen LogP contribution in [0.2, 0.25) is 0 Å². The highest BCUT2D eigenvalue weighted by Crippen LogP contribution is 2.19. The third-order valence-electron chi connectivity index (χ3n) is 2.47. The van der Waals surface area contributed by atoms with E-state index in [9.17, 15) is 13.3 Å². The maximum absolute atomic E-state index is 11.5. The molecule has 1 heterocycles. The second-order valence-corrected chi connectivity index (χ2v) is 6.08. The van der Waals surface area contributed by atoms with Gasteiger partial charge in [-0.25, -0.2) is 8.42 Å². The highest BCUT2D eigenvalue weighted by molar-refractivity contribution is 7.91. The molecule has 1 aliphatic heterocycles. The van der Waals surface area contributed by atoms with Crippen molar-refractivity contribution in [2.75, 3.05) is 18.1 Å². The minimum atomic E-state index is -3.07. The van der Waals surface area contributed by atoms with Gasteiger partial charge in [-0.1, -0.05) is 0 Å². The fraction of sp³-hybridized carbons (Fsp3) is 0.875. The molecule has 1 saturated heterocycles. The van der Waals surface area contributed by atoms with E-state index >= 15 is 0 Å². The van der Waals surface area contributed by atoms with Crippen molar-refractivity contribution in [2.24, 2.45) is 5.29 Å². The first-order valence-corrected chi connectivity index (χ1v) is 6.70. The van der Waals surface area contributed by atoms with Crippen molar-refractivity contribution < 1.29 is 8.42 Å². The van der Waals surface area contributed by atoms with Gasteiger partial charge in [-0.05, 0) is 13.8 Å². The topological polar surface area (TPSA) is 93.8 Å². The first kappa shape index (κ1) is 12.9. The first-order chi connectivity index (χ1) is 7.41. The van der Waals surface area contributed by atoms with Crippen molar-refractivity contribution in [2.45, 2.75) is 25.9 Å². The summed E-state index contributed by atoms with van der Waals surface area (Å²) in [5, 5.41) is 13.8. The molecule has 0 N–H and O–H groups in total. The minimum Gasteiger partial charge on any atom is -0.229 e. The van der Waals surface area contributed by atoms with E-state index in [1.54, 1.807) is 18.9 Å². The van der Waals surface area contributed by atoms with Crippen LogP contribution in [0.1, 0.15) is 13.8 Å². The van der Waals surface area contributed by atoms with Crippen LogP contribution >= 0.6 is 0 Å². The number of rotatable bonds is 3. The first-order valence-electron chi connectivity index (χ1n) is 4.87. The predicted octanol–water partition coefficient (Wildman–Crippen LogP) is -0.0842. The van der Waals surface area contributed by atoms with Crippen LogP contribution in [0.15, 0.2) is 5.29 Å². The SMILES string of the molecule is CC1CS(=O)(=O)CC(C)N1N(CC#N)N=O. The molecule has 8 heteroatoms. The lowest BCUT2D eigenvalue weighted by molar-refractivity contribution is -0.0685. The second-order valence-electron chi connectivity index (χ2n) is 3.93. The van der Waals surface area contributed by atoms with Gasteiger partial charge < -0.3 is 0 Å². The fourth-order valence-electron chi connectivity index (χ4n) is 2.06. The number of nitrogens with zero attached hydrogens (tertiary/aromatic N) is 4. The molecule has 0 aromatic rings. The van der Waals surface area contributed by atoms with E-state index in [1.807, 2.05) is 6.07 Å². The van der Waals surface area contributed by atoms with E-state index in [2.05, 4.69) is 5.29 Å². The lowest BCUT2D eigenvalue weighted by atomic mass is 10.3. The number of sulfone groups is 1. The Morgan fingerprint density at radius 2 is 1.94 bits per heavy atom. The number of nitroso groups, excluding NO2 is 1. The summed E-state index contributed by atoms with van der Waals surface area (Å²) in [5.74, 6) is -0.0381. The van der Waals surface area contributed by atoms with E-state index < -0.39 is 9.84 Å². The van der Waals surface area contributed by atoms with E-state index in [0.717, 1.165) is 5.12 Å². The van der Waals surface area contributed by atoms with E-state index in [-0.39, 0.29) is 30.1 Å². The van der Waals surface area contributed by atoms with E-state index in [0.29, 0.717) is 0 Å². The monoisotopic (exact) mass is 246 g/mol. The quantitative estimate of drug-likeness (QED) is 0.392. The standard InChI is InChI=1S/C8H14N4O3S/c1-7-5-16(14,15)6-8(2)12(7)11(10-13)4-3-9/h7-8H,4-6H2,1-2H3. The van der Waals surface area contributed by atoms with Crippen molar-refractivity contribution in [3.8, 4) is 6.07 Å². The van der Waals surface area contributed by atoms with Crippen LogP contribution in [-0.4, -0.2) is 48.7 Å². The molecule has 1 fully saturated rings. The Balaban J connectivity index is 2.89. The smallest absolute Gasteiger partial charge is 0.153 e. The summed E-state index contributed by atoms with van der Waals surface area (Å²) in [6, 6.07) is 1.12. The lowest BCUT2D eigenvalue weighted by Gasteiger charge is -2.41. The Morgan fingerprint density at radius 3 is 2.31 bits per heavy atom. The Morgan fingerprint density at radius 1 is 1.44 bits per heavy atom. The molecule has 0 amide bonds. The molecule has 0 radical (unpaired) electrons. The van der Waals surface area contributed by atoms with Crippen LogP contribution in [0.4, 0.5) is 0 Å². The number of hydrogen-bond donors (Lipinski definition) is 0. The lowest BCUT2D eigenvalue weighted by Crippen LogP contribution is -2.58. The third-order valence-corrected chi connectivity index (χ3v) is 4.45. The molecule has 0 aromatic heterocycles. The largest absolute Gasteiger partial charge is 0.229 e. The van der Waals surface area contributed by atoms with Crippen molar-refractivity contribution in [1.29, 1.82) is 5.26 Å². The average Bonchev–Trinajstić information content (AvgIpc) is 2.13. The predicted molar refractivity (Wildman–Crippen MR) is 57.5 cm³/mol. The summed E-state index contributed by atoms with van der Waals surface area (Å²) < 4.78 is 22.9. The summed E-state index contributed by atoms with van der Waals surface area (Å²) in [6.45, 7) is 3.23. The summed E-state index contributed by atoms with van der Waals surface area (Å²) in [6.07, 6.45) is 0. The highest BCUT2D eigenvalue weighted by Gasteiger charge is 2.37. The van der Waals surface area contributed by atoms with Crippen LogP contribution in [0.3, 0.4) is 0 Å². The van der Waals surface area contributed by atoms with Gasteiger partial charge in [-0.2, -0.15) is 15.4 Å². The van der Waals surface area contributed by atoms with Crippen LogP contribution in [-0.2, 0) is 9.84 Å². The Labute approximate surface area is 94.5 Å². The summed E-state index contributed by atoms with van der Waals surface area (Å²) in [7, 11) is -3.07. The summed E-state index contributed by atoms with van der Waals surface area (Å²) >= 11 is 0. The molecule has 2 atom stereocenters. The van der Waals surface area contributed by atoms with Gasteiger partial charge in [-0.3, -0.25) is 0 Å². The molecule has 7 nitrogen and oxygen atoms in total. The number of hydrogen-bond acceptors (Lipinski definition) is 6. The molecule has 2 unspecified atom stereocenters. The molecule has 0 bridgehead atoms. The Kier molecular flexibility index (Phi) is 3.83. The Bertz CT molecular complexity index is 384. The van der Waals surface area contributed by atoms with Gasteiger partial charge >= 0.3 is 0 Å². The van der Waals surface area contributed by atoms with Crippen LogP contribution in [0, 0.1) is 16.2 Å². The van der Waals surface area contributed by atoms with Crippen LogP contribution in [0.25, 0.3) is 0 Å². The van der Waals surface area contributed by atoms with Gasteiger partial charge in [0.1, 0.15) is 6.54 Å². The molecule has 1 rings (SSSR count). The second kappa shape index (κ2) is 4.76. The minimum absolute atomic E-state index is 0.0191. The van der Waals surface area contributed by atoms with Crippen molar-refractivity contribution in [1.82, 2.24) is 10.1 Å².